The Balaban J connectivity index is 0. The van der Waals surface area contributed by atoms with Crippen molar-refractivity contribution in [2.75, 3.05) is 40.3 Å². The lowest BCUT2D eigenvalue weighted by atomic mass is 10.3. The van der Waals surface area contributed by atoms with Gasteiger partial charge in [0, 0.05) is 13.0 Å². The molecule has 0 radical (unpaired) electrons. The number of nitrogens with one attached hydrogen (secondary N) is 1. The molecule has 1 amide bonds. The van der Waals surface area contributed by atoms with Crippen LogP contribution in [0.4, 0.5) is 0 Å². The number of esters is 1. The molecule has 0 aromatic carbocycles. The Morgan fingerprint density at radius 2 is 1.95 bits per heavy atom. The Hall–Kier alpha value is -1.33. The van der Waals surface area contributed by atoms with Gasteiger partial charge in [0.1, 0.15) is 0 Å². The van der Waals surface area contributed by atoms with Crippen LogP contribution in [0.25, 0.3) is 0 Å². The van der Waals surface area contributed by atoms with Crippen LogP contribution in [0.15, 0.2) is 24.8 Å². The van der Waals surface area contributed by atoms with E-state index < -0.39 is 0 Å². The minimum absolute atomic E-state index is 0. The summed E-state index contributed by atoms with van der Waals surface area (Å²) >= 11 is 0. The number of nitrogens with zero attached hydrogens (tertiary/aromatic N) is 1. The molecule has 0 saturated heterocycles. The van der Waals surface area contributed by atoms with Gasteiger partial charge in [-0.3, -0.25) is 4.79 Å². The van der Waals surface area contributed by atoms with Gasteiger partial charge in [0.2, 0.25) is 5.91 Å². The van der Waals surface area contributed by atoms with Crippen LogP contribution in [0.1, 0.15) is 26.2 Å². The highest BCUT2D eigenvalue weighted by Crippen LogP contribution is 2.00. The SMILES string of the molecule is C=CC(=O)NCCC[N+](C)(C)CC(=O)OCC/C=C\CC.[Cl-]. The minimum Gasteiger partial charge on any atom is -1.00 e. The number of allylic oxidation sites excluding steroid dienone is 1. The molecule has 0 heterocycles. The smallest absolute Gasteiger partial charge is 0.361 e. The van der Waals surface area contributed by atoms with Crippen molar-refractivity contribution in [1.82, 2.24) is 5.32 Å². The monoisotopic (exact) mass is 332 g/mol. The van der Waals surface area contributed by atoms with E-state index in [1.165, 1.54) is 6.08 Å². The van der Waals surface area contributed by atoms with Crippen molar-refractivity contribution in [3.8, 4) is 0 Å². The summed E-state index contributed by atoms with van der Waals surface area (Å²) in [5.41, 5.74) is 0. The maximum Gasteiger partial charge on any atom is 0.361 e. The zero-order valence-electron chi connectivity index (χ0n) is 13.9. The molecule has 0 rings (SSSR count). The first-order chi connectivity index (χ1) is 9.91. The highest BCUT2D eigenvalue weighted by atomic mass is 35.5. The molecule has 0 spiro atoms. The number of rotatable bonds is 11. The van der Waals surface area contributed by atoms with Crippen molar-refractivity contribution in [2.24, 2.45) is 0 Å². The molecule has 0 aliphatic carbocycles. The van der Waals surface area contributed by atoms with E-state index in [4.69, 9.17) is 4.74 Å². The standard InChI is InChI=1S/C16H28N2O3.ClH/c1-5-7-8-9-13-21-16(20)14-18(3,4)12-10-11-17-15(19)6-2;/h6-8H,2,5,9-14H2,1,3-4H3;1H/b8-7-;. The van der Waals surface area contributed by atoms with Gasteiger partial charge in [-0.25, -0.2) is 4.79 Å². The van der Waals surface area contributed by atoms with Crippen LogP contribution >= 0.6 is 0 Å². The Bertz CT molecular complexity index is 368. The summed E-state index contributed by atoms with van der Waals surface area (Å²) in [4.78, 5) is 22.7. The van der Waals surface area contributed by atoms with Crippen LogP contribution in [-0.2, 0) is 14.3 Å². The Morgan fingerprint density at radius 3 is 2.55 bits per heavy atom. The number of likely N-dealkylation sites (N-methyl/N-ethyl adjacent to an activating group) is 1. The number of quaternary nitrogens is 1. The molecule has 128 valence electrons. The summed E-state index contributed by atoms with van der Waals surface area (Å²) in [6.45, 7) is 7.62. The Kier molecular flexibility index (Phi) is 13.9. The second kappa shape index (κ2) is 13.3. The molecule has 0 saturated carbocycles. The normalized spacial score (nSPS) is 10.9. The van der Waals surface area contributed by atoms with Gasteiger partial charge in [0.15, 0.2) is 6.54 Å². The van der Waals surface area contributed by atoms with Gasteiger partial charge >= 0.3 is 5.97 Å². The first-order valence-corrected chi connectivity index (χ1v) is 7.44. The zero-order chi connectivity index (χ0) is 16.1. The van der Waals surface area contributed by atoms with Gasteiger partial charge in [-0.15, -0.1) is 0 Å². The van der Waals surface area contributed by atoms with Crippen LogP contribution in [0.3, 0.4) is 0 Å². The lowest BCUT2D eigenvalue weighted by Gasteiger charge is -2.28. The van der Waals surface area contributed by atoms with Crippen LogP contribution in [0.2, 0.25) is 0 Å². The van der Waals surface area contributed by atoms with E-state index in [9.17, 15) is 9.59 Å². The third-order valence-electron chi connectivity index (χ3n) is 2.93. The molecule has 0 aliphatic heterocycles. The van der Waals surface area contributed by atoms with E-state index in [-0.39, 0.29) is 24.3 Å². The van der Waals surface area contributed by atoms with Gasteiger partial charge in [-0.2, -0.15) is 0 Å². The number of hydrogen-bond donors (Lipinski definition) is 1. The van der Waals surface area contributed by atoms with Crippen LogP contribution in [0, 0.1) is 0 Å². The summed E-state index contributed by atoms with van der Waals surface area (Å²) in [6, 6.07) is 0. The predicted octanol–water partition coefficient (Wildman–Crippen LogP) is -1.34. The Labute approximate surface area is 140 Å². The van der Waals surface area contributed by atoms with Crippen molar-refractivity contribution >= 4 is 11.9 Å². The van der Waals surface area contributed by atoms with E-state index in [1.54, 1.807) is 0 Å². The molecule has 0 unspecified atom stereocenters. The number of amides is 1. The van der Waals surface area contributed by atoms with Crippen LogP contribution in [-0.4, -0.2) is 56.7 Å². The predicted molar refractivity (Wildman–Crippen MR) is 84.7 cm³/mol. The summed E-state index contributed by atoms with van der Waals surface area (Å²) in [6.07, 6.45) is 7.91. The first-order valence-electron chi connectivity index (χ1n) is 7.44. The maximum atomic E-state index is 11.7. The topological polar surface area (TPSA) is 55.4 Å². The lowest BCUT2D eigenvalue weighted by Crippen LogP contribution is -3.00. The third kappa shape index (κ3) is 13.6. The molecule has 6 heteroatoms. The van der Waals surface area contributed by atoms with E-state index in [0.29, 0.717) is 24.2 Å². The zero-order valence-corrected chi connectivity index (χ0v) is 14.7. The molecule has 5 nitrogen and oxygen atoms in total. The van der Waals surface area contributed by atoms with Gasteiger partial charge in [-0.1, -0.05) is 25.7 Å². The van der Waals surface area contributed by atoms with Crippen LogP contribution in [0.5, 0.6) is 0 Å². The maximum absolute atomic E-state index is 11.7. The molecule has 0 aromatic heterocycles. The van der Waals surface area contributed by atoms with Crippen molar-refractivity contribution in [3.05, 3.63) is 24.8 Å². The first kappa shape index (κ1) is 22.9. The minimum atomic E-state index is -0.181. The van der Waals surface area contributed by atoms with Gasteiger partial charge < -0.3 is 26.9 Å². The van der Waals surface area contributed by atoms with E-state index in [2.05, 4.69) is 24.9 Å². The van der Waals surface area contributed by atoms with Crippen molar-refractivity contribution in [3.63, 3.8) is 0 Å². The van der Waals surface area contributed by atoms with Crippen molar-refractivity contribution in [2.45, 2.75) is 26.2 Å². The fourth-order valence-corrected chi connectivity index (χ4v) is 1.79. The average Bonchev–Trinajstić information content (AvgIpc) is 2.42. The Morgan fingerprint density at radius 1 is 1.27 bits per heavy atom. The highest BCUT2D eigenvalue weighted by molar-refractivity contribution is 5.86. The molecule has 0 fully saturated rings. The highest BCUT2D eigenvalue weighted by Gasteiger charge is 2.20. The number of carbonyl (C=O) groups is 2. The largest absolute Gasteiger partial charge is 1.00 e. The summed E-state index contributed by atoms with van der Waals surface area (Å²) in [7, 11) is 3.96. The molecular weight excluding hydrogens is 304 g/mol. The van der Waals surface area contributed by atoms with Gasteiger partial charge in [0.25, 0.3) is 0 Å². The molecule has 1 N–H and O–H groups in total. The summed E-state index contributed by atoms with van der Waals surface area (Å²) in [5, 5.41) is 2.72. The number of halogens is 1. The van der Waals surface area contributed by atoms with E-state index in [0.717, 1.165) is 25.8 Å². The fourth-order valence-electron chi connectivity index (χ4n) is 1.79. The average molecular weight is 333 g/mol. The van der Waals surface area contributed by atoms with E-state index >= 15 is 0 Å². The summed E-state index contributed by atoms with van der Waals surface area (Å²) in [5.74, 6) is -0.347. The summed E-state index contributed by atoms with van der Waals surface area (Å²) < 4.78 is 5.75. The van der Waals surface area contributed by atoms with E-state index in [1.807, 2.05) is 20.2 Å². The van der Waals surface area contributed by atoms with Crippen LogP contribution < -0.4 is 17.7 Å². The molecular formula is C16H29ClN2O3. The lowest BCUT2D eigenvalue weighted by molar-refractivity contribution is -0.883. The molecule has 0 aliphatic rings. The quantitative estimate of drug-likeness (QED) is 0.167. The van der Waals surface area contributed by atoms with Gasteiger partial charge in [-0.05, 0) is 18.9 Å². The fraction of sp³-hybridized carbons (Fsp3) is 0.625. The molecule has 0 bridgehead atoms. The van der Waals surface area contributed by atoms with Gasteiger partial charge in [0.05, 0.1) is 27.2 Å². The van der Waals surface area contributed by atoms with Crippen molar-refractivity contribution in [1.29, 1.82) is 0 Å². The molecule has 0 aromatic rings. The molecule has 22 heavy (non-hydrogen) atoms. The third-order valence-corrected chi connectivity index (χ3v) is 2.93. The second-order valence-corrected chi connectivity index (χ2v) is 5.55. The van der Waals surface area contributed by atoms with Crippen molar-refractivity contribution < 1.29 is 31.2 Å². The number of ether oxygens (including phenoxy) is 1. The number of hydrogen-bond acceptors (Lipinski definition) is 3. The molecule has 0 atom stereocenters. The second-order valence-electron chi connectivity index (χ2n) is 5.55. The number of carbonyl (C=O) groups excluding carboxylic acids is 2.